The Labute approximate surface area is 129 Å². The first-order valence-corrected chi connectivity index (χ1v) is 7.33. The zero-order chi connectivity index (χ0) is 14.7. The standard InChI is InChI=1S/C15H17Cl2N3/c1-4-7-18-15-9(2)14(19-10(3)20-15)12-8-11(16)5-6-13(12)17/h5-6,8H,4,7H2,1-3H3,(H,18,19,20). The number of anilines is 1. The normalized spacial score (nSPS) is 10.7. The van der Waals surface area contributed by atoms with Gasteiger partial charge in [0.25, 0.3) is 0 Å². The highest BCUT2D eigenvalue weighted by Gasteiger charge is 2.14. The van der Waals surface area contributed by atoms with E-state index in [0.29, 0.717) is 15.9 Å². The molecular formula is C15H17Cl2N3. The van der Waals surface area contributed by atoms with Crippen LogP contribution in [0.2, 0.25) is 10.0 Å². The van der Waals surface area contributed by atoms with E-state index in [9.17, 15) is 0 Å². The van der Waals surface area contributed by atoms with Gasteiger partial charge in [0.05, 0.1) is 10.7 Å². The fourth-order valence-electron chi connectivity index (χ4n) is 1.99. The predicted molar refractivity (Wildman–Crippen MR) is 85.7 cm³/mol. The Morgan fingerprint density at radius 1 is 1.15 bits per heavy atom. The van der Waals surface area contributed by atoms with E-state index in [1.165, 1.54) is 0 Å². The molecule has 106 valence electrons. The Bertz CT molecular complexity index is 627. The molecule has 0 unspecified atom stereocenters. The summed E-state index contributed by atoms with van der Waals surface area (Å²) < 4.78 is 0. The molecule has 0 fully saturated rings. The lowest BCUT2D eigenvalue weighted by Gasteiger charge is -2.13. The van der Waals surface area contributed by atoms with Gasteiger partial charge in [-0.15, -0.1) is 0 Å². The van der Waals surface area contributed by atoms with Crippen molar-refractivity contribution in [1.82, 2.24) is 9.97 Å². The van der Waals surface area contributed by atoms with E-state index in [1.807, 2.05) is 19.9 Å². The molecule has 0 spiro atoms. The maximum atomic E-state index is 6.27. The van der Waals surface area contributed by atoms with Gasteiger partial charge >= 0.3 is 0 Å². The summed E-state index contributed by atoms with van der Waals surface area (Å²) in [5.74, 6) is 1.56. The zero-order valence-corrected chi connectivity index (χ0v) is 13.3. The first-order valence-electron chi connectivity index (χ1n) is 6.57. The van der Waals surface area contributed by atoms with Crippen molar-refractivity contribution < 1.29 is 0 Å². The van der Waals surface area contributed by atoms with Crippen LogP contribution in [-0.4, -0.2) is 16.5 Å². The van der Waals surface area contributed by atoms with Crippen LogP contribution in [0.1, 0.15) is 24.7 Å². The van der Waals surface area contributed by atoms with Gasteiger partial charge in [-0.3, -0.25) is 0 Å². The van der Waals surface area contributed by atoms with Crippen LogP contribution in [-0.2, 0) is 0 Å². The molecule has 2 rings (SSSR count). The van der Waals surface area contributed by atoms with Crippen molar-refractivity contribution in [3.05, 3.63) is 39.6 Å². The van der Waals surface area contributed by atoms with Crippen LogP contribution in [0, 0.1) is 13.8 Å². The summed E-state index contributed by atoms with van der Waals surface area (Å²) in [5, 5.41) is 4.60. The summed E-state index contributed by atoms with van der Waals surface area (Å²) in [4.78, 5) is 8.97. The van der Waals surface area contributed by atoms with Crippen molar-refractivity contribution >= 4 is 29.0 Å². The van der Waals surface area contributed by atoms with Crippen LogP contribution in [0.5, 0.6) is 0 Å². The summed E-state index contributed by atoms with van der Waals surface area (Å²) >= 11 is 12.3. The predicted octanol–water partition coefficient (Wildman–Crippen LogP) is 4.89. The molecule has 0 amide bonds. The molecule has 0 saturated heterocycles. The molecule has 0 aliphatic heterocycles. The Hall–Kier alpha value is -1.32. The number of nitrogens with zero attached hydrogens (tertiary/aromatic N) is 2. The number of aryl methyl sites for hydroxylation is 1. The van der Waals surface area contributed by atoms with E-state index in [1.54, 1.807) is 12.1 Å². The van der Waals surface area contributed by atoms with Crippen LogP contribution >= 0.6 is 23.2 Å². The molecule has 2 aromatic rings. The third kappa shape index (κ3) is 3.22. The summed E-state index contributed by atoms with van der Waals surface area (Å²) in [6.07, 6.45) is 1.04. The van der Waals surface area contributed by atoms with Gasteiger partial charge in [0.2, 0.25) is 0 Å². The van der Waals surface area contributed by atoms with E-state index < -0.39 is 0 Å². The van der Waals surface area contributed by atoms with E-state index in [-0.39, 0.29) is 0 Å². The minimum atomic E-state index is 0.636. The number of hydrogen-bond donors (Lipinski definition) is 1. The number of aromatic nitrogens is 2. The van der Waals surface area contributed by atoms with Gasteiger partial charge in [0.1, 0.15) is 11.6 Å². The van der Waals surface area contributed by atoms with E-state index in [2.05, 4.69) is 22.2 Å². The first kappa shape index (κ1) is 15.1. The van der Waals surface area contributed by atoms with Crippen molar-refractivity contribution in [2.75, 3.05) is 11.9 Å². The molecule has 0 aliphatic carbocycles. The minimum Gasteiger partial charge on any atom is -0.370 e. The SMILES string of the molecule is CCCNc1nc(C)nc(-c2cc(Cl)ccc2Cl)c1C. The average Bonchev–Trinajstić information content (AvgIpc) is 2.42. The third-order valence-electron chi connectivity index (χ3n) is 2.98. The lowest BCUT2D eigenvalue weighted by atomic mass is 10.1. The fraction of sp³-hybridized carbons (Fsp3) is 0.333. The molecule has 3 nitrogen and oxygen atoms in total. The Balaban J connectivity index is 2.56. The molecule has 0 saturated carbocycles. The van der Waals surface area contributed by atoms with Crippen LogP contribution in [0.15, 0.2) is 18.2 Å². The topological polar surface area (TPSA) is 37.8 Å². The second-order valence-corrected chi connectivity index (χ2v) is 5.49. The smallest absolute Gasteiger partial charge is 0.133 e. The third-order valence-corrected chi connectivity index (χ3v) is 3.55. The molecule has 1 heterocycles. The van der Waals surface area contributed by atoms with Gasteiger partial charge in [-0.2, -0.15) is 0 Å². The molecule has 5 heteroatoms. The number of rotatable bonds is 4. The lowest BCUT2D eigenvalue weighted by Crippen LogP contribution is -2.07. The van der Waals surface area contributed by atoms with Crippen molar-refractivity contribution in [3.63, 3.8) is 0 Å². The number of nitrogens with one attached hydrogen (secondary N) is 1. The number of halogens is 2. The molecule has 20 heavy (non-hydrogen) atoms. The van der Waals surface area contributed by atoms with E-state index in [0.717, 1.165) is 35.6 Å². The fourth-order valence-corrected chi connectivity index (χ4v) is 2.36. The Morgan fingerprint density at radius 2 is 1.90 bits per heavy atom. The Morgan fingerprint density at radius 3 is 2.60 bits per heavy atom. The van der Waals surface area contributed by atoms with Crippen molar-refractivity contribution in [1.29, 1.82) is 0 Å². The van der Waals surface area contributed by atoms with Gasteiger partial charge < -0.3 is 5.32 Å². The van der Waals surface area contributed by atoms with Crippen molar-refractivity contribution in [3.8, 4) is 11.3 Å². The zero-order valence-electron chi connectivity index (χ0n) is 11.8. The molecule has 1 aromatic heterocycles. The van der Waals surface area contributed by atoms with Crippen molar-refractivity contribution in [2.45, 2.75) is 27.2 Å². The van der Waals surface area contributed by atoms with Gasteiger partial charge in [-0.1, -0.05) is 30.1 Å². The quantitative estimate of drug-likeness (QED) is 0.873. The second-order valence-electron chi connectivity index (χ2n) is 4.64. The largest absolute Gasteiger partial charge is 0.370 e. The highest BCUT2D eigenvalue weighted by Crippen LogP contribution is 2.33. The van der Waals surface area contributed by atoms with E-state index >= 15 is 0 Å². The average molecular weight is 310 g/mol. The van der Waals surface area contributed by atoms with Crippen LogP contribution in [0.3, 0.4) is 0 Å². The van der Waals surface area contributed by atoms with Crippen LogP contribution < -0.4 is 5.32 Å². The molecule has 1 N–H and O–H groups in total. The highest BCUT2D eigenvalue weighted by molar-refractivity contribution is 6.35. The van der Waals surface area contributed by atoms with Gasteiger partial charge in [0, 0.05) is 22.7 Å². The minimum absolute atomic E-state index is 0.636. The molecule has 0 atom stereocenters. The number of hydrogen-bond acceptors (Lipinski definition) is 3. The maximum Gasteiger partial charge on any atom is 0.133 e. The second kappa shape index (κ2) is 6.42. The maximum absolute atomic E-state index is 6.27. The summed E-state index contributed by atoms with van der Waals surface area (Å²) in [6, 6.07) is 5.39. The van der Waals surface area contributed by atoms with Crippen LogP contribution in [0.25, 0.3) is 11.3 Å². The highest BCUT2D eigenvalue weighted by atomic mass is 35.5. The molecule has 0 radical (unpaired) electrons. The van der Waals surface area contributed by atoms with Gasteiger partial charge in [-0.05, 0) is 38.5 Å². The molecule has 0 aliphatic rings. The van der Waals surface area contributed by atoms with Gasteiger partial charge in [0.15, 0.2) is 0 Å². The molecule has 1 aromatic carbocycles. The molecular weight excluding hydrogens is 293 g/mol. The van der Waals surface area contributed by atoms with Crippen LogP contribution in [0.4, 0.5) is 5.82 Å². The lowest BCUT2D eigenvalue weighted by molar-refractivity contribution is 0.948. The molecule has 0 bridgehead atoms. The summed E-state index contributed by atoms with van der Waals surface area (Å²) in [5.41, 5.74) is 2.64. The summed E-state index contributed by atoms with van der Waals surface area (Å²) in [6.45, 7) is 6.85. The van der Waals surface area contributed by atoms with E-state index in [4.69, 9.17) is 23.2 Å². The van der Waals surface area contributed by atoms with Gasteiger partial charge in [-0.25, -0.2) is 9.97 Å². The number of benzene rings is 1. The monoisotopic (exact) mass is 309 g/mol. The van der Waals surface area contributed by atoms with Crippen molar-refractivity contribution in [2.24, 2.45) is 0 Å². The summed E-state index contributed by atoms with van der Waals surface area (Å²) in [7, 11) is 0. The first-order chi connectivity index (χ1) is 9.52. The Kier molecular flexibility index (Phi) is 4.84.